The molecule has 2 heterocycles. The molecule has 0 fully saturated rings. The highest BCUT2D eigenvalue weighted by Crippen LogP contribution is 2.10. The number of aromatic nitrogens is 2. The molecule has 3 N–H and O–H groups in total. The molecule has 2 rings (SSSR count). The van der Waals surface area contributed by atoms with Crippen molar-refractivity contribution in [2.24, 2.45) is 0 Å². The molecule has 2 aromatic heterocycles. The van der Waals surface area contributed by atoms with Crippen LogP contribution in [0.5, 0.6) is 0 Å². The molecule has 0 aromatic carbocycles. The number of fused-ring (bicyclic) bond motifs is 1. The Balaban J connectivity index is 2.22. The van der Waals surface area contributed by atoms with Gasteiger partial charge in [-0.05, 0) is 12.1 Å². The number of nitrogens with one attached hydrogen (secondary N) is 1. The van der Waals surface area contributed by atoms with Crippen LogP contribution in [0, 0.1) is 0 Å². The molecule has 0 saturated heterocycles. The van der Waals surface area contributed by atoms with Crippen molar-refractivity contribution in [1.82, 2.24) is 14.9 Å². The van der Waals surface area contributed by atoms with Gasteiger partial charge in [-0.15, -0.1) is 0 Å². The molecule has 1 amide bonds. The molecule has 104 valence electrons. The fourth-order valence-corrected chi connectivity index (χ4v) is 1.72. The van der Waals surface area contributed by atoms with E-state index in [1.165, 1.54) is 10.7 Å². The van der Waals surface area contributed by atoms with Crippen LogP contribution in [0.4, 0.5) is 0 Å². The Morgan fingerprint density at radius 3 is 2.70 bits per heavy atom. The number of hydrogen-bond acceptors (Lipinski definition) is 4. The molecular formula is C12H11N3O5. The topological polar surface area (TPSA) is 121 Å². The molecule has 0 aliphatic rings. The summed E-state index contributed by atoms with van der Waals surface area (Å²) in [4.78, 5) is 33.5. The molecule has 0 saturated carbocycles. The van der Waals surface area contributed by atoms with E-state index in [0.717, 1.165) is 0 Å². The zero-order chi connectivity index (χ0) is 14.7. The molecule has 20 heavy (non-hydrogen) atoms. The van der Waals surface area contributed by atoms with Gasteiger partial charge in [0.05, 0.1) is 23.7 Å². The number of carbonyl (C=O) groups excluding carboxylic acids is 1. The molecule has 0 spiro atoms. The minimum Gasteiger partial charge on any atom is -0.481 e. The van der Waals surface area contributed by atoms with E-state index >= 15 is 0 Å². The smallest absolute Gasteiger partial charge is 0.326 e. The molecule has 0 aliphatic heterocycles. The highest BCUT2D eigenvalue weighted by Gasteiger charge is 2.24. The summed E-state index contributed by atoms with van der Waals surface area (Å²) in [6.45, 7) is 0. The minimum atomic E-state index is -1.49. The summed E-state index contributed by atoms with van der Waals surface area (Å²) in [7, 11) is 0. The van der Waals surface area contributed by atoms with Gasteiger partial charge in [-0.1, -0.05) is 6.07 Å². The number of hydrogen-bond donors (Lipinski definition) is 3. The second-order valence-corrected chi connectivity index (χ2v) is 4.05. The molecule has 8 heteroatoms. The van der Waals surface area contributed by atoms with Crippen LogP contribution in [-0.4, -0.2) is 43.7 Å². The Labute approximate surface area is 112 Å². The maximum Gasteiger partial charge on any atom is 0.326 e. The van der Waals surface area contributed by atoms with E-state index in [1.54, 1.807) is 24.4 Å². The third-order valence-electron chi connectivity index (χ3n) is 2.65. The van der Waals surface area contributed by atoms with E-state index < -0.39 is 30.3 Å². The predicted octanol–water partition coefficient (Wildman–Crippen LogP) is -0.00800. The van der Waals surface area contributed by atoms with Crippen LogP contribution in [-0.2, 0) is 9.59 Å². The molecule has 1 atom stereocenters. The first kappa shape index (κ1) is 13.5. The van der Waals surface area contributed by atoms with Gasteiger partial charge < -0.3 is 15.5 Å². The lowest BCUT2D eigenvalue weighted by atomic mass is 10.2. The quantitative estimate of drug-likeness (QED) is 0.707. The number of carboxylic acids is 2. The number of nitrogens with zero attached hydrogens (tertiary/aromatic N) is 2. The van der Waals surface area contributed by atoms with Gasteiger partial charge >= 0.3 is 11.9 Å². The van der Waals surface area contributed by atoms with Crippen molar-refractivity contribution >= 4 is 23.4 Å². The van der Waals surface area contributed by atoms with E-state index in [2.05, 4.69) is 10.4 Å². The van der Waals surface area contributed by atoms with E-state index in [-0.39, 0.29) is 5.56 Å². The number of rotatable bonds is 5. The highest BCUT2D eigenvalue weighted by molar-refractivity contribution is 6.02. The summed E-state index contributed by atoms with van der Waals surface area (Å²) in [5.74, 6) is -3.39. The Morgan fingerprint density at radius 2 is 2.05 bits per heavy atom. The summed E-state index contributed by atoms with van der Waals surface area (Å²) < 4.78 is 1.46. The average molecular weight is 277 g/mol. The van der Waals surface area contributed by atoms with Gasteiger partial charge in [0, 0.05) is 6.20 Å². The fraction of sp³-hybridized carbons (Fsp3) is 0.167. The fourth-order valence-electron chi connectivity index (χ4n) is 1.72. The van der Waals surface area contributed by atoms with Crippen molar-refractivity contribution in [1.29, 1.82) is 0 Å². The molecule has 0 radical (unpaired) electrons. The van der Waals surface area contributed by atoms with Crippen molar-refractivity contribution in [3.8, 4) is 0 Å². The van der Waals surface area contributed by atoms with Crippen LogP contribution >= 0.6 is 0 Å². The molecule has 2 aromatic rings. The third-order valence-corrected chi connectivity index (χ3v) is 2.65. The van der Waals surface area contributed by atoms with Gasteiger partial charge in [0.15, 0.2) is 0 Å². The monoisotopic (exact) mass is 277 g/mol. The number of carboxylic acid groups (broad SMARTS) is 2. The summed E-state index contributed by atoms with van der Waals surface area (Å²) in [6, 6.07) is 3.60. The van der Waals surface area contributed by atoms with E-state index in [0.29, 0.717) is 5.52 Å². The highest BCUT2D eigenvalue weighted by atomic mass is 16.4. The first-order valence-corrected chi connectivity index (χ1v) is 5.67. The van der Waals surface area contributed by atoms with Crippen LogP contribution in [0.25, 0.3) is 5.52 Å². The average Bonchev–Trinajstić information content (AvgIpc) is 2.81. The van der Waals surface area contributed by atoms with Crippen LogP contribution in [0.1, 0.15) is 16.8 Å². The number of amides is 1. The largest absolute Gasteiger partial charge is 0.481 e. The molecule has 8 nitrogen and oxygen atoms in total. The Morgan fingerprint density at radius 1 is 1.30 bits per heavy atom. The van der Waals surface area contributed by atoms with Crippen molar-refractivity contribution < 1.29 is 24.6 Å². The van der Waals surface area contributed by atoms with Crippen LogP contribution < -0.4 is 5.32 Å². The Bertz CT molecular complexity index is 679. The number of pyridine rings is 1. The first-order valence-electron chi connectivity index (χ1n) is 5.67. The van der Waals surface area contributed by atoms with Crippen LogP contribution in [0.15, 0.2) is 30.6 Å². The van der Waals surface area contributed by atoms with Crippen molar-refractivity contribution in [2.75, 3.05) is 0 Å². The predicted molar refractivity (Wildman–Crippen MR) is 66.3 cm³/mol. The van der Waals surface area contributed by atoms with Gasteiger partial charge in [-0.3, -0.25) is 9.59 Å². The third kappa shape index (κ3) is 2.74. The van der Waals surface area contributed by atoms with E-state index in [9.17, 15) is 14.4 Å². The maximum atomic E-state index is 12.0. The molecule has 0 bridgehead atoms. The lowest BCUT2D eigenvalue weighted by Gasteiger charge is -2.11. The second kappa shape index (κ2) is 5.39. The van der Waals surface area contributed by atoms with Gasteiger partial charge in [0.25, 0.3) is 5.91 Å². The lowest BCUT2D eigenvalue weighted by molar-refractivity contribution is -0.145. The normalized spacial score (nSPS) is 12.0. The van der Waals surface area contributed by atoms with Crippen molar-refractivity contribution in [2.45, 2.75) is 12.5 Å². The number of aliphatic carboxylic acids is 2. The Hall–Kier alpha value is -2.90. The van der Waals surface area contributed by atoms with Gasteiger partial charge in [0.1, 0.15) is 6.04 Å². The zero-order valence-electron chi connectivity index (χ0n) is 10.2. The molecular weight excluding hydrogens is 266 g/mol. The molecule has 0 aliphatic carbocycles. The zero-order valence-corrected chi connectivity index (χ0v) is 10.2. The summed E-state index contributed by atoms with van der Waals surface area (Å²) in [5, 5.41) is 23.6. The minimum absolute atomic E-state index is 0.183. The summed E-state index contributed by atoms with van der Waals surface area (Å²) in [5.41, 5.74) is 0.687. The molecule has 0 unspecified atom stereocenters. The lowest BCUT2D eigenvalue weighted by Crippen LogP contribution is -2.42. The number of carbonyl (C=O) groups is 3. The van der Waals surface area contributed by atoms with Crippen LogP contribution in [0.2, 0.25) is 0 Å². The van der Waals surface area contributed by atoms with Gasteiger partial charge in [-0.25, -0.2) is 9.31 Å². The first-order chi connectivity index (χ1) is 9.49. The van der Waals surface area contributed by atoms with Crippen LogP contribution in [0.3, 0.4) is 0 Å². The van der Waals surface area contributed by atoms with Gasteiger partial charge in [0.2, 0.25) is 0 Å². The van der Waals surface area contributed by atoms with Crippen molar-refractivity contribution in [3.63, 3.8) is 0 Å². The summed E-state index contributed by atoms with van der Waals surface area (Å²) >= 11 is 0. The summed E-state index contributed by atoms with van der Waals surface area (Å²) in [6.07, 6.45) is 2.24. The second-order valence-electron chi connectivity index (χ2n) is 4.05. The van der Waals surface area contributed by atoms with Gasteiger partial charge in [-0.2, -0.15) is 5.10 Å². The van der Waals surface area contributed by atoms with E-state index in [4.69, 9.17) is 10.2 Å². The maximum absolute atomic E-state index is 12.0. The van der Waals surface area contributed by atoms with Crippen molar-refractivity contribution in [3.05, 3.63) is 36.2 Å². The van der Waals surface area contributed by atoms with E-state index in [1.807, 2.05) is 0 Å². The SMILES string of the molecule is O=C(O)C[C@@H](NC(=O)c1cnn2ccccc12)C(=O)O. The standard InChI is InChI=1S/C12H11N3O5/c16-10(17)5-8(12(19)20)14-11(18)7-6-13-15-4-2-1-3-9(7)15/h1-4,6,8H,5H2,(H,14,18)(H,16,17)(H,19,20)/t8-/m1/s1. The Kier molecular flexibility index (Phi) is 3.65.